The molecule has 0 aliphatic rings. The van der Waals surface area contributed by atoms with Crippen molar-refractivity contribution in [1.29, 1.82) is 0 Å². The van der Waals surface area contributed by atoms with E-state index in [1.54, 1.807) is 6.07 Å². The highest BCUT2D eigenvalue weighted by Gasteiger charge is 2.07. The number of nitrogens with one attached hydrogen (secondary N) is 1. The molecule has 2 aromatic rings. The van der Waals surface area contributed by atoms with Crippen molar-refractivity contribution in [3.63, 3.8) is 0 Å². The number of aromatic nitrogens is 2. The maximum atomic E-state index is 11.1. The standard InChI is InChI=1S/C11H10ClN3OS/c12-8-2-1-3-9(7(8)6-13)17-11-14-5-4-10(16)15-11/h1-5H,6,13H2,(H,14,15,16). The average Bonchev–Trinajstić information content (AvgIpc) is 2.29. The lowest BCUT2D eigenvalue weighted by Gasteiger charge is -2.07. The van der Waals surface area contributed by atoms with Crippen molar-refractivity contribution in [3.8, 4) is 0 Å². The van der Waals surface area contributed by atoms with Crippen molar-refractivity contribution >= 4 is 23.4 Å². The number of nitrogens with zero attached hydrogens (tertiary/aromatic N) is 1. The number of aromatic amines is 1. The van der Waals surface area contributed by atoms with Crippen molar-refractivity contribution in [3.05, 3.63) is 51.4 Å². The zero-order valence-electron chi connectivity index (χ0n) is 8.81. The van der Waals surface area contributed by atoms with E-state index in [-0.39, 0.29) is 5.56 Å². The zero-order valence-corrected chi connectivity index (χ0v) is 10.4. The van der Waals surface area contributed by atoms with Crippen LogP contribution in [0.4, 0.5) is 0 Å². The minimum absolute atomic E-state index is 0.182. The number of rotatable bonds is 3. The Morgan fingerprint density at radius 1 is 1.41 bits per heavy atom. The highest BCUT2D eigenvalue weighted by molar-refractivity contribution is 7.99. The van der Waals surface area contributed by atoms with Crippen LogP contribution in [0.15, 0.2) is 45.3 Å². The number of hydrogen-bond acceptors (Lipinski definition) is 4. The second-order valence-electron chi connectivity index (χ2n) is 3.26. The van der Waals surface area contributed by atoms with E-state index in [1.807, 2.05) is 12.1 Å². The van der Waals surface area contributed by atoms with Crippen molar-refractivity contribution < 1.29 is 0 Å². The molecule has 0 aliphatic heterocycles. The van der Waals surface area contributed by atoms with Gasteiger partial charge in [0.05, 0.1) is 0 Å². The van der Waals surface area contributed by atoms with Gasteiger partial charge in [-0.1, -0.05) is 29.4 Å². The maximum Gasteiger partial charge on any atom is 0.251 e. The smallest absolute Gasteiger partial charge is 0.251 e. The molecule has 6 heteroatoms. The van der Waals surface area contributed by atoms with Gasteiger partial charge in [0.2, 0.25) is 0 Å². The zero-order chi connectivity index (χ0) is 12.3. The summed E-state index contributed by atoms with van der Waals surface area (Å²) in [4.78, 5) is 18.7. The fourth-order valence-electron chi connectivity index (χ4n) is 1.34. The fourth-order valence-corrected chi connectivity index (χ4v) is 2.58. The first-order chi connectivity index (χ1) is 8.20. The van der Waals surface area contributed by atoms with E-state index in [1.165, 1.54) is 24.0 Å². The van der Waals surface area contributed by atoms with Gasteiger partial charge in [0.25, 0.3) is 5.56 Å². The number of H-pyrrole nitrogens is 1. The number of halogens is 1. The third-order valence-electron chi connectivity index (χ3n) is 2.13. The molecule has 0 spiro atoms. The molecule has 0 amide bonds. The van der Waals surface area contributed by atoms with E-state index in [0.717, 1.165) is 10.5 Å². The molecule has 0 saturated heterocycles. The Labute approximate surface area is 107 Å². The van der Waals surface area contributed by atoms with Crippen LogP contribution in [-0.2, 0) is 6.54 Å². The molecule has 0 fully saturated rings. The lowest BCUT2D eigenvalue weighted by molar-refractivity contribution is 0.933. The van der Waals surface area contributed by atoms with Crippen LogP contribution in [0.2, 0.25) is 5.02 Å². The molecule has 0 saturated carbocycles. The van der Waals surface area contributed by atoms with Gasteiger partial charge in [-0.2, -0.15) is 0 Å². The molecule has 1 aromatic carbocycles. The largest absolute Gasteiger partial charge is 0.326 e. The van der Waals surface area contributed by atoms with Gasteiger partial charge in [-0.25, -0.2) is 4.98 Å². The topological polar surface area (TPSA) is 71.8 Å². The summed E-state index contributed by atoms with van der Waals surface area (Å²) < 4.78 is 0. The monoisotopic (exact) mass is 267 g/mol. The van der Waals surface area contributed by atoms with Gasteiger partial charge in [-0.05, 0) is 17.7 Å². The molecule has 1 heterocycles. The highest BCUT2D eigenvalue weighted by atomic mass is 35.5. The Kier molecular flexibility index (Phi) is 3.83. The fraction of sp³-hybridized carbons (Fsp3) is 0.0909. The number of nitrogens with two attached hydrogens (primary N) is 1. The minimum atomic E-state index is -0.182. The Hall–Kier alpha value is -1.30. The van der Waals surface area contributed by atoms with Crippen molar-refractivity contribution in [2.24, 2.45) is 5.73 Å². The predicted molar refractivity (Wildman–Crippen MR) is 68.3 cm³/mol. The molecule has 3 N–H and O–H groups in total. The molecule has 0 radical (unpaired) electrons. The molecular weight excluding hydrogens is 258 g/mol. The van der Waals surface area contributed by atoms with Crippen LogP contribution in [0.25, 0.3) is 0 Å². The summed E-state index contributed by atoms with van der Waals surface area (Å²) >= 11 is 7.38. The van der Waals surface area contributed by atoms with Crippen molar-refractivity contribution in [1.82, 2.24) is 9.97 Å². The normalized spacial score (nSPS) is 10.5. The van der Waals surface area contributed by atoms with E-state index in [0.29, 0.717) is 16.7 Å². The number of benzene rings is 1. The molecule has 4 nitrogen and oxygen atoms in total. The molecule has 2 rings (SSSR count). The molecule has 0 aliphatic carbocycles. The van der Waals surface area contributed by atoms with E-state index >= 15 is 0 Å². The van der Waals surface area contributed by atoms with Gasteiger partial charge in [-0.3, -0.25) is 4.79 Å². The van der Waals surface area contributed by atoms with Crippen molar-refractivity contribution in [2.45, 2.75) is 16.6 Å². The van der Waals surface area contributed by atoms with Gasteiger partial charge in [0.15, 0.2) is 5.16 Å². The minimum Gasteiger partial charge on any atom is -0.326 e. The second-order valence-corrected chi connectivity index (χ2v) is 4.70. The molecule has 1 aromatic heterocycles. The lowest BCUT2D eigenvalue weighted by Crippen LogP contribution is -2.05. The maximum absolute atomic E-state index is 11.1. The first kappa shape index (κ1) is 12.2. The molecule has 17 heavy (non-hydrogen) atoms. The quantitative estimate of drug-likeness (QED) is 0.835. The average molecular weight is 268 g/mol. The second kappa shape index (κ2) is 5.35. The summed E-state index contributed by atoms with van der Waals surface area (Å²) in [7, 11) is 0. The predicted octanol–water partition coefficient (Wildman–Crippen LogP) is 2.03. The van der Waals surface area contributed by atoms with Crippen LogP contribution in [0.1, 0.15) is 5.56 Å². The summed E-state index contributed by atoms with van der Waals surface area (Å²) in [6, 6.07) is 6.89. The van der Waals surface area contributed by atoms with Crippen LogP contribution < -0.4 is 11.3 Å². The van der Waals surface area contributed by atoms with Crippen LogP contribution in [0, 0.1) is 0 Å². The van der Waals surface area contributed by atoms with Gasteiger partial charge in [-0.15, -0.1) is 0 Å². The van der Waals surface area contributed by atoms with E-state index < -0.39 is 0 Å². The van der Waals surface area contributed by atoms with E-state index in [4.69, 9.17) is 17.3 Å². The van der Waals surface area contributed by atoms with Crippen molar-refractivity contribution in [2.75, 3.05) is 0 Å². The SMILES string of the molecule is NCc1c(Cl)cccc1Sc1nccc(=O)[nH]1. The van der Waals surface area contributed by atoms with Gasteiger partial charge in [0.1, 0.15) is 0 Å². The third-order valence-corrected chi connectivity index (χ3v) is 3.49. The summed E-state index contributed by atoms with van der Waals surface area (Å²) in [6.45, 7) is 0.346. The van der Waals surface area contributed by atoms with Gasteiger partial charge in [0, 0.05) is 28.7 Å². The summed E-state index contributed by atoms with van der Waals surface area (Å²) in [6.07, 6.45) is 1.47. The number of hydrogen-bond donors (Lipinski definition) is 2. The first-order valence-electron chi connectivity index (χ1n) is 4.91. The van der Waals surface area contributed by atoms with E-state index in [2.05, 4.69) is 9.97 Å². The van der Waals surface area contributed by atoms with Crippen LogP contribution >= 0.6 is 23.4 Å². The Balaban J connectivity index is 2.36. The molecule has 0 unspecified atom stereocenters. The first-order valence-corrected chi connectivity index (χ1v) is 6.11. The molecule has 0 bridgehead atoms. The summed E-state index contributed by atoms with van der Waals surface area (Å²) in [5, 5.41) is 1.14. The Morgan fingerprint density at radius 2 is 2.24 bits per heavy atom. The Morgan fingerprint density at radius 3 is 2.94 bits per heavy atom. The Bertz CT molecular complexity index is 585. The third kappa shape index (κ3) is 2.88. The van der Waals surface area contributed by atoms with E-state index in [9.17, 15) is 4.79 Å². The summed E-state index contributed by atoms with van der Waals surface area (Å²) in [5.41, 5.74) is 6.32. The van der Waals surface area contributed by atoms with Crippen LogP contribution in [0.3, 0.4) is 0 Å². The molecule has 88 valence electrons. The highest BCUT2D eigenvalue weighted by Crippen LogP contribution is 2.31. The molecule has 0 atom stereocenters. The lowest BCUT2D eigenvalue weighted by atomic mass is 10.2. The van der Waals surface area contributed by atoms with Crippen LogP contribution in [0.5, 0.6) is 0 Å². The summed E-state index contributed by atoms with van der Waals surface area (Å²) in [5.74, 6) is 0. The van der Waals surface area contributed by atoms with Gasteiger partial charge >= 0.3 is 0 Å². The van der Waals surface area contributed by atoms with Gasteiger partial charge < -0.3 is 10.7 Å². The van der Waals surface area contributed by atoms with Crippen LogP contribution in [-0.4, -0.2) is 9.97 Å². The molecular formula is C11H10ClN3OS.